The summed E-state index contributed by atoms with van der Waals surface area (Å²) in [5, 5.41) is 14.7. The third-order valence-corrected chi connectivity index (χ3v) is 4.63. The standard InChI is InChI=1S/C17H26N2O2/c1-3-7-17(18-13(2)14-8-4-5-9-14)15-10-6-11-16(12-15)19(20)21/h6,10-14,17-18H,3-5,7-9H2,1-2H3. The molecule has 1 aliphatic rings. The number of hydrogen-bond donors (Lipinski definition) is 1. The normalized spacial score (nSPS) is 18.6. The van der Waals surface area contributed by atoms with Crippen molar-refractivity contribution in [1.82, 2.24) is 5.32 Å². The van der Waals surface area contributed by atoms with Gasteiger partial charge in [-0.25, -0.2) is 0 Å². The van der Waals surface area contributed by atoms with Crippen LogP contribution >= 0.6 is 0 Å². The molecule has 116 valence electrons. The average Bonchev–Trinajstić information content (AvgIpc) is 3.01. The molecular weight excluding hydrogens is 264 g/mol. The van der Waals surface area contributed by atoms with Crippen molar-refractivity contribution >= 4 is 5.69 Å². The van der Waals surface area contributed by atoms with Gasteiger partial charge in [-0.1, -0.05) is 38.3 Å². The summed E-state index contributed by atoms with van der Waals surface area (Å²) in [5.74, 6) is 0.753. The van der Waals surface area contributed by atoms with Crippen LogP contribution in [0.3, 0.4) is 0 Å². The molecular formula is C17H26N2O2. The van der Waals surface area contributed by atoms with Crippen LogP contribution in [0.1, 0.15) is 64.0 Å². The van der Waals surface area contributed by atoms with Crippen LogP contribution in [0.15, 0.2) is 24.3 Å². The lowest BCUT2D eigenvalue weighted by Crippen LogP contribution is -2.35. The number of nitrogens with one attached hydrogen (secondary N) is 1. The van der Waals surface area contributed by atoms with Crippen molar-refractivity contribution in [2.45, 2.75) is 64.5 Å². The second-order valence-corrected chi connectivity index (χ2v) is 6.19. The number of nitro groups is 1. The molecule has 0 saturated heterocycles. The van der Waals surface area contributed by atoms with Crippen molar-refractivity contribution in [3.05, 3.63) is 39.9 Å². The molecule has 1 aromatic rings. The van der Waals surface area contributed by atoms with Gasteiger partial charge in [-0.2, -0.15) is 0 Å². The predicted molar refractivity (Wildman–Crippen MR) is 85.3 cm³/mol. The maximum atomic E-state index is 11.0. The van der Waals surface area contributed by atoms with E-state index in [1.165, 1.54) is 25.7 Å². The summed E-state index contributed by atoms with van der Waals surface area (Å²) in [6, 6.07) is 7.76. The third kappa shape index (κ3) is 4.27. The van der Waals surface area contributed by atoms with Crippen LogP contribution in [0.25, 0.3) is 0 Å². The van der Waals surface area contributed by atoms with Crippen LogP contribution in [0.4, 0.5) is 5.69 Å². The number of benzene rings is 1. The molecule has 1 aromatic carbocycles. The molecule has 2 unspecified atom stereocenters. The highest BCUT2D eigenvalue weighted by atomic mass is 16.6. The Balaban J connectivity index is 2.10. The van der Waals surface area contributed by atoms with E-state index in [0.717, 1.165) is 24.3 Å². The van der Waals surface area contributed by atoms with Crippen LogP contribution in [0.2, 0.25) is 0 Å². The largest absolute Gasteiger partial charge is 0.307 e. The maximum Gasteiger partial charge on any atom is 0.269 e. The molecule has 0 bridgehead atoms. The summed E-state index contributed by atoms with van der Waals surface area (Å²) in [6.07, 6.45) is 7.37. The molecule has 2 rings (SSSR count). The molecule has 0 spiro atoms. The minimum atomic E-state index is -0.313. The van der Waals surface area contributed by atoms with E-state index >= 15 is 0 Å². The molecule has 1 fully saturated rings. The molecule has 4 nitrogen and oxygen atoms in total. The molecule has 0 radical (unpaired) electrons. The van der Waals surface area contributed by atoms with E-state index in [2.05, 4.69) is 19.2 Å². The first-order chi connectivity index (χ1) is 10.1. The fourth-order valence-corrected chi connectivity index (χ4v) is 3.40. The Morgan fingerprint density at radius 1 is 1.38 bits per heavy atom. The highest BCUT2D eigenvalue weighted by Gasteiger charge is 2.24. The molecule has 1 saturated carbocycles. The van der Waals surface area contributed by atoms with Gasteiger partial charge in [0.2, 0.25) is 0 Å². The fourth-order valence-electron chi connectivity index (χ4n) is 3.40. The quantitative estimate of drug-likeness (QED) is 0.589. The molecule has 0 heterocycles. The monoisotopic (exact) mass is 290 g/mol. The van der Waals surface area contributed by atoms with E-state index in [1.807, 2.05) is 6.07 Å². The van der Waals surface area contributed by atoms with Crippen molar-refractivity contribution in [2.24, 2.45) is 5.92 Å². The Morgan fingerprint density at radius 3 is 2.71 bits per heavy atom. The zero-order valence-corrected chi connectivity index (χ0v) is 13.0. The van der Waals surface area contributed by atoms with Gasteiger partial charge in [0.1, 0.15) is 0 Å². The number of nitro benzene ring substituents is 1. The molecule has 1 N–H and O–H groups in total. The van der Waals surface area contributed by atoms with Gasteiger partial charge in [-0.15, -0.1) is 0 Å². The van der Waals surface area contributed by atoms with Gasteiger partial charge < -0.3 is 5.32 Å². The lowest BCUT2D eigenvalue weighted by atomic mass is 9.95. The van der Waals surface area contributed by atoms with Crippen molar-refractivity contribution < 1.29 is 4.92 Å². The van der Waals surface area contributed by atoms with Crippen molar-refractivity contribution in [3.8, 4) is 0 Å². The minimum Gasteiger partial charge on any atom is -0.307 e. The number of non-ortho nitro benzene ring substituents is 1. The summed E-state index contributed by atoms with van der Waals surface area (Å²) in [4.78, 5) is 10.6. The van der Waals surface area contributed by atoms with Crippen LogP contribution < -0.4 is 5.32 Å². The van der Waals surface area contributed by atoms with Gasteiger partial charge in [0.15, 0.2) is 0 Å². The SMILES string of the molecule is CCCC(NC(C)C1CCCC1)c1cccc([N+](=O)[O-])c1. The first-order valence-electron chi connectivity index (χ1n) is 8.12. The van der Waals surface area contributed by atoms with Gasteiger partial charge in [0, 0.05) is 24.2 Å². The van der Waals surface area contributed by atoms with E-state index < -0.39 is 0 Å². The lowest BCUT2D eigenvalue weighted by Gasteiger charge is -2.27. The number of rotatable bonds is 7. The smallest absolute Gasteiger partial charge is 0.269 e. The summed E-state index contributed by atoms with van der Waals surface area (Å²) in [7, 11) is 0. The van der Waals surface area contributed by atoms with Gasteiger partial charge in [-0.3, -0.25) is 10.1 Å². The average molecular weight is 290 g/mol. The third-order valence-electron chi connectivity index (χ3n) is 4.63. The highest BCUT2D eigenvalue weighted by Crippen LogP contribution is 2.30. The Morgan fingerprint density at radius 2 is 2.10 bits per heavy atom. The van der Waals surface area contributed by atoms with E-state index in [-0.39, 0.29) is 16.7 Å². The molecule has 4 heteroatoms. The van der Waals surface area contributed by atoms with E-state index in [0.29, 0.717) is 6.04 Å². The number of hydrogen-bond acceptors (Lipinski definition) is 3. The van der Waals surface area contributed by atoms with Crippen molar-refractivity contribution in [3.63, 3.8) is 0 Å². The summed E-state index contributed by atoms with van der Waals surface area (Å²) >= 11 is 0. The van der Waals surface area contributed by atoms with Gasteiger partial charge >= 0.3 is 0 Å². The van der Waals surface area contributed by atoms with Crippen LogP contribution in [0.5, 0.6) is 0 Å². The zero-order chi connectivity index (χ0) is 15.2. The highest BCUT2D eigenvalue weighted by molar-refractivity contribution is 5.35. The first kappa shape index (κ1) is 16.0. The molecule has 21 heavy (non-hydrogen) atoms. The second-order valence-electron chi connectivity index (χ2n) is 6.19. The molecule has 0 amide bonds. The first-order valence-corrected chi connectivity index (χ1v) is 8.12. The van der Waals surface area contributed by atoms with Gasteiger partial charge in [-0.05, 0) is 37.7 Å². The fraction of sp³-hybridized carbons (Fsp3) is 0.647. The van der Waals surface area contributed by atoms with E-state index in [4.69, 9.17) is 0 Å². The van der Waals surface area contributed by atoms with Gasteiger partial charge in [0.05, 0.1) is 4.92 Å². The zero-order valence-electron chi connectivity index (χ0n) is 13.0. The summed E-state index contributed by atoms with van der Waals surface area (Å²) in [5.41, 5.74) is 1.22. The van der Waals surface area contributed by atoms with Gasteiger partial charge in [0.25, 0.3) is 5.69 Å². The Labute approximate surface area is 127 Å². The van der Waals surface area contributed by atoms with Crippen LogP contribution in [-0.4, -0.2) is 11.0 Å². The second kappa shape index (κ2) is 7.55. The molecule has 0 aromatic heterocycles. The molecule has 2 atom stereocenters. The van der Waals surface area contributed by atoms with Crippen LogP contribution in [0, 0.1) is 16.0 Å². The van der Waals surface area contributed by atoms with Crippen molar-refractivity contribution in [1.29, 1.82) is 0 Å². The molecule has 0 aliphatic heterocycles. The van der Waals surface area contributed by atoms with E-state index in [1.54, 1.807) is 18.2 Å². The topological polar surface area (TPSA) is 55.2 Å². The molecule has 1 aliphatic carbocycles. The maximum absolute atomic E-state index is 11.0. The lowest BCUT2D eigenvalue weighted by molar-refractivity contribution is -0.384. The predicted octanol–water partition coefficient (Wildman–Crippen LogP) is 4.60. The Bertz CT molecular complexity index is 470. The summed E-state index contributed by atoms with van der Waals surface area (Å²) < 4.78 is 0. The van der Waals surface area contributed by atoms with E-state index in [9.17, 15) is 10.1 Å². The van der Waals surface area contributed by atoms with Crippen LogP contribution in [-0.2, 0) is 0 Å². The Kier molecular flexibility index (Phi) is 5.74. The van der Waals surface area contributed by atoms with Crippen molar-refractivity contribution in [2.75, 3.05) is 0 Å². The summed E-state index contributed by atoms with van der Waals surface area (Å²) in [6.45, 7) is 4.42. The Hall–Kier alpha value is -1.42. The minimum absolute atomic E-state index is 0.184. The number of nitrogens with zero attached hydrogens (tertiary/aromatic N) is 1.